The number of hydrogen-bond donors (Lipinski definition) is 1. The lowest BCUT2D eigenvalue weighted by atomic mass is 10.0. The number of fused-ring (bicyclic) bond motifs is 1. The molecule has 0 aliphatic carbocycles. The number of rotatable bonds is 4. The lowest BCUT2D eigenvalue weighted by molar-refractivity contribution is -0.115. The summed E-state index contributed by atoms with van der Waals surface area (Å²) in [7, 11) is 0. The molecule has 0 atom stereocenters. The minimum Gasteiger partial charge on any atom is -0.379 e. The molecule has 0 saturated carbocycles. The number of amides is 2. The Morgan fingerprint density at radius 3 is 2.43 bits per heavy atom. The van der Waals surface area contributed by atoms with Crippen LogP contribution in [0.5, 0.6) is 0 Å². The average Bonchev–Trinajstić information content (AvgIpc) is 3.46. The highest BCUT2D eigenvalue weighted by Gasteiger charge is 2.26. The zero-order valence-corrected chi connectivity index (χ0v) is 20.2. The van der Waals surface area contributed by atoms with Gasteiger partial charge in [0.15, 0.2) is 0 Å². The monoisotopic (exact) mass is 489 g/mol. The van der Waals surface area contributed by atoms with Gasteiger partial charge < -0.3 is 9.64 Å². The number of imidazole rings is 1. The maximum atomic E-state index is 11.9. The molecule has 1 aromatic heterocycles. The first-order valence-corrected chi connectivity index (χ1v) is 12.8. The number of nitrogens with one attached hydrogen (secondary N) is 1. The number of piperidine rings is 1. The second kappa shape index (κ2) is 9.49. The number of anilines is 1. The van der Waals surface area contributed by atoms with E-state index in [0.717, 1.165) is 73.4 Å². The van der Waals surface area contributed by atoms with Crippen molar-refractivity contribution < 1.29 is 14.3 Å². The van der Waals surface area contributed by atoms with Gasteiger partial charge in [-0.3, -0.25) is 24.4 Å². The van der Waals surface area contributed by atoms with Gasteiger partial charge in [0.05, 0.1) is 29.2 Å². The topological polar surface area (TPSA) is 79.7 Å². The van der Waals surface area contributed by atoms with E-state index in [2.05, 4.69) is 48.9 Å². The molecule has 3 aliphatic rings. The molecule has 0 unspecified atom stereocenters. The fraction of sp³-hybridized carbons (Fsp3) is 0.346. The summed E-state index contributed by atoms with van der Waals surface area (Å²) >= 11 is 0.926. The Kier molecular flexibility index (Phi) is 6.05. The van der Waals surface area contributed by atoms with Crippen molar-refractivity contribution in [3.63, 3.8) is 0 Å². The molecule has 9 heteroatoms. The van der Waals surface area contributed by atoms with Crippen molar-refractivity contribution in [2.24, 2.45) is 0 Å². The molecule has 8 nitrogen and oxygen atoms in total. The summed E-state index contributed by atoms with van der Waals surface area (Å²) in [5.41, 5.74) is 4.96. The first-order chi connectivity index (χ1) is 17.1. The van der Waals surface area contributed by atoms with E-state index in [1.54, 1.807) is 6.08 Å². The molecule has 6 rings (SSSR count). The molecule has 3 saturated heterocycles. The fourth-order valence-corrected chi connectivity index (χ4v) is 5.83. The number of aromatic nitrogens is 2. The van der Waals surface area contributed by atoms with E-state index in [1.165, 1.54) is 18.5 Å². The van der Waals surface area contributed by atoms with Crippen LogP contribution in [-0.2, 0) is 9.53 Å². The molecule has 2 amide bonds. The van der Waals surface area contributed by atoms with Gasteiger partial charge in [0.1, 0.15) is 6.33 Å². The van der Waals surface area contributed by atoms with Gasteiger partial charge in [0.25, 0.3) is 11.1 Å². The van der Waals surface area contributed by atoms with Gasteiger partial charge in [-0.15, -0.1) is 0 Å². The van der Waals surface area contributed by atoms with Crippen molar-refractivity contribution in [2.45, 2.75) is 18.9 Å². The third-order valence-electron chi connectivity index (χ3n) is 7.03. The Labute approximate surface area is 207 Å². The number of carbonyl (C=O) groups is 2. The molecule has 0 spiro atoms. The molecule has 0 bridgehead atoms. The molecule has 180 valence electrons. The summed E-state index contributed by atoms with van der Waals surface area (Å²) in [6, 6.07) is 15.2. The highest BCUT2D eigenvalue weighted by Crippen LogP contribution is 2.28. The second-order valence-electron chi connectivity index (χ2n) is 9.10. The van der Waals surface area contributed by atoms with Crippen LogP contribution in [-0.4, -0.2) is 71.0 Å². The Morgan fingerprint density at radius 1 is 0.971 bits per heavy atom. The van der Waals surface area contributed by atoms with Gasteiger partial charge in [0, 0.05) is 43.6 Å². The fourth-order valence-electron chi connectivity index (χ4n) is 5.15. The summed E-state index contributed by atoms with van der Waals surface area (Å²) in [4.78, 5) is 33.4. The molecule has 1 N–H and O–H groups in total. The van der Waals surface area contributed by atoms with Crippen molar-refractivity contribution in [3.05, 3.63) is 59.3 Å². The molecular formula is C26H27N5O3S. The van der Waals surface area contributed by atoms with Crippen molar-refractivity contribution in [3.8, 4) is 5.69 Å². The molecular weight excluding hydrogens is 462 g/mol. The number of hydrogen-bond acceptors (Lipinski definition) is 7. The largest absolute Gasteiger partial charge is 0.379 e. The minimum absolute atomic E-state index is 0.335. The molecule has 2 aromatic carbocycles. The van der Waals surface area contributed by atoms with Gasteiger partial charge in [0.2, 0.25) is 0 Å². The Balaban J connectivity index is 1.18. The highest BCUT2D eigenvalue weighted by atomic mass is 32.2. The summed E-state index contributed by atoms with van der Waals surface area (Å²) in [6.45, 7) is 5.97. The number of imide groups is 1. The quantitative estimate of drug-likeness (QED) is 0.561. The van der Waals surface area contributed by atoms with Crippen molar-refractivity contribution in [2.75, 3.05) is 44.3 Å². The van der Waals surface area contributed by atoms with Crippen LogP contribution in [0.15, 0.2) is 53.7 Å². The molecule has 35 heavy (non-hydrogen) atoms. The number of thioether (sulfide) groups is 1. The first-order valence-electron chi connectivity index (χ1n) is 12.0. The Hall–Kier alpha value is -3.14. The second-order valence-corrected chi connectivity index (χ2v) is 10.1. The summed E-state index contributed by atoms with van der Waals surface area (Å²) in [5.74, 6) is -0.349. The number of morpholine rings is 1. The third kappa shape index (κ3) is 4.59. The lowest BCUT2D eigenvalue weighted by Gasteiger charge is -2.40. The van der Waals surface area contributed by atoms with Gasteiger partial charge in [-0.1, -0.05) is 6.07 Å². The number of ether oxygens (including phenoxy) is 1. The maximum absolute atomic E-state index is 11.9. The van der Waals surface area contributed by atoms with E-state index in [0.29, 0.717) is 10.9 Å². The van der Waals surface area contributed by atoms with Gasteiger partial charge >= 0.3 is 0 Å². The van der Waals surface area contributed by atoms with Gasteiger partial charge in [-0.25, -0.2) is 4.98 Å². The minimum atomic E-state index is -0.349. The standard InChI is InChI=1S/C26H27N5O3S/c32-25-24(35-26(33)28-25)16-18-1-6-22-23(15-18)31(17-27-22)21-4-2-19(3-5-21)29-9-7-20(8-10-29)30-11-13-34-14-12-30/h1-6,15-17,20H,7-14H2,(H,28,32,33). The van der Waals surface area contributed by atoms with Crippen LogP contribution < -0.4 is 10.2 Å². The highest BCUT2D eigenvalue weighted by molar-refractivity contribution is 8.18. The predicted molar refractivity (Wildman–Crippen MR) is 138 cm³/mol. The Morgan fingerprint density at radius 2 is 1.71 bits per heavy atom. The zero-order chi connectivity index (χ0) is 23.8. The number of nitrogens with zero attached hydrogens (tertiary/aromatic N) is 4. The third-order valence-corrected chi connectivity index (χ3v) is 7.84. The average molecular weight is 490 g/mol. The SMILES string of the molecule is O=C1NC(=O)C(=Cc2ccc3ncn(-c4ccc(N5CCC(N6CCOCC6)CC5)cc4)c3c2)S1. The molecule has 3 aromatic rings. The van der Waals surface area contributed by atoms with E-state index in [4.69, 9.17) is 4.74 Å². The molecule has 3 aliphatic heterocycles. The summed E-state index contributed by atoms with van der Waals surface area (Å²) < 4.78 is 7.56. The van der Waals surface area contributed by atoms with Crippen LogP contribution in [0.3, 0.4) is 0 Å². The van der Waals surface area contributed by atoms with E-state index >= 15 is 0 Å². The predicted octanol–water partition coefficient (Wildman–Crippen LogP) is 3.65. The van der Waals surface area contributed by atoms with Crippen molar-refractivity contribution >= 4 is 45.7 Å². The van der Waals surface area contributed by atoms with Gasteiger partial charge in [-0.2, -0.15) is 0 Å². The number of benzene rings is 2. The maximum Gasteiger partial charge on any atom is 0.290 e. The van der Waals surface area contributed by atoms with E-state index in [1.807, 2.05) is 24.5 Å². The van der Waals surface area contributed by atoms with Crippen LogP contribution in [0.4, 0.5) is 10.5 Å². The van der Waals surface area contributed by atoms with Crippen LogP contribution >= 0.6 is 11.8 Å². The van der Waals surface area contributed by atoms with Crippen molar-refractivity contribution in [1.29, 1.82) is 0 Å². The smallest absolute Gasteiger partial charge is 0.290 e. The van der Waals surface area contributed by atoms with Crippen LogP contribution in [0.1, 0.15) is 18.4 Å². The van der Waals surface area contributed by atoms with Crippen LogP contribution in [0.2, 0.25) is 0 Å². The van der Waals surface area contributed by atoms with Crippen LogP contribution in [0, 0.1) is 0 Å². The van der Waals surface area contributed by atoms with E-state index in [9.17, 15) is 9.59 Å². The molecule has 0 radical (unpaired) electrons. The lowest BCUT2D eigenvalue weighted by Crippen LogP contribution is -2.49. The van der Waals surface area contributed by atoms with E-state index in [-0.39, 0.29) is 11.1 Å². The van der Waals surface area contributed by atoms with E-state index < -0.39 is 0 Å². The summed E-state index contributed by atoms with van der Waals surface area (Å²) in [5, 5.41) is 1.96. The zero-order valence-electron chi connectivity index (χ0n) is 19.4. The molecule has 4 heterocycles. The number of carbonyl (C=O) groups excluding carboxylic acids is 2. The van der Waals surface area contributed by atoms with Crippen LogP contribution in [0.25, 0.3) is 22.8 Å². The summed E-state index contributed by atoms with van der Waals surface area (Å²) in [6.07, 6.45) is 5.94. The molecule has 3 fully saturated rings. The van der Waals surface area contributed by atoms with Gasteiger partial charge in [-0.05, 0) is 72.6 Å². The normalized spacial score (nSPS) is 21.3. The Bertz CT molecular complexity index is 1290. The first kappa shape index (κ1) is 22.3. The van der Waals surface area contributed by atoms with Crippen molar-refractivity contribution in [1.82, 2.24) is 19.8 Å².